The zero-order chi connectivity index (χ0) is 14.6. The zero-order valence-corrected chi connectivity index (χ0v) is 13.1. The zero-order valence-electron chi connectivity index (χ0n) is 12.4. The number of aromatic nitrogens is 3. The number of hydrogen-bond donors (Lipinski definition) is 0. The Kier molecular flexibility index (Phi) is 4.81. The first-order valence-corrected chi connectivity index (χ1v) is 7.40. The van der Waals surface area contributed by atoms with Crippen LogP contribution in [0.1, 0.15) is 32.8 Å². The van der Waals surface area contributed by atoms with Crippen LogP contribution < -0.4 is 0 Å². The van der Waals surface area contributed by atoms with Gasteiger partial charge in [-0.1, -0.05) is 44.5 Å². The average Bonchev–Trinajstić information content (AvgIpc) is 2.88. The van der Waals surface area contributed by atoms with Crippen molar-refractivity contribution in [1.82, 2.24) is 14.8 Å². The fourth-order valence-corrected chi connectivity index (χ4v) is 2.47. The van der Waals surface area contributed by atoms with E-state index >= 15 is 0 Å². The monoisotopic (exact) mass is 291 g/mol. The van der Waals surface area contributed by atoms with Crippen molar-refractivity contribution >= 4 is 11.6 Å². The molecule has 0 saturated heterocycles. The van der Waals surface area contributed by atoms with E-state index in [4.69, 9.17) is 11.6 Å². The second kappa shape index (κ2) is 6.40. The van der Waals surface area contributed by atoms with Gasteiger partial charge in [0.1, 0.15) is 12.7 Å². The predicted molar refractivity (Wildman–Crippen MR) is 82.7 cm³/mol. The van der Waals surface area contributed by atoms with Crippen molar-refractivity contribution in [2.24, 2.45) is 11.3 Å². The molecule has 0 aliphatic heterocycles. The Morgan fingerprint density at radius 1 is 1.20 bits per heavy atom. The number of hydrogen-bond acceptors (Lipinski definition) is 2. The van der Waals surface area contributed by atoms with Gasteiger partial charge in [-0.3, -0.25) is 4.68 Å². The number of benzene rings is 1. The van der Waals surface area contributed by atoms with Crippen molar-refractivity contribution < 1.29 is 0 Å². The highest BCUT2D eigenvalue weighted by molar-refractivity contribution is 6.30. The van der Waals surface area contributed by atoms with E-state index in [0.717, 1.165) is 24.4 Å². The summed E-state index contributed by atoms with van der Waals surface area (Å²) in [5, 5.41) is 5.02. The largest absolute Gasteiger partial charge is 0.253 e. The van der Waals surface area contributed by atoms with Crippen LogP contribution in [-0.4, -0.2) is 14.8 Å². The van der Waals surface area contributed by atoms with E-state index in [1.807, 2.05) is 16.8 Å². The maximum absolute atomic E-state index is 5.92. The van der Waals surface area contributed by atoms with Crippen LogP contribution >= 0.6 is 11.6 Å². The van der Waals surface area contributed by atoms with Crippen molar-refractivity contribution in [3.05, 3.63) is 47.5 Å². The topological polar surface area (TPSA) is 30.7 Å². The average molecular weight is 292 g/mol. The molecule has 108 valence electrons. The number of aryl methyl sites for hydroxylation is 1. The van der Waals surface area contributed by atoms with E-state index in [9.17, 15) is 0 Å². The second-order valence-corrected chi connectivity index (χ2v) is 6.78. The lowest BCUT2D eigenvalue weighted by Gasteiger charge is -2.30. The highest BCUT2D eigenvalue weighted by atomic mass is 35.5. The lowest BCUT2D eigenvalue weighted by molar-refractivity contribution is 0.192. The molecule has 1 aromatic heterocycles. The van der Waals surface area contributed by atoms with E-state index < -0.39 is 0 Å². The van der Waals surface area contributed by atoms with Crippen LogP contribution in [0.3, 0.4) is 0 Å². The molecule has 1 atom stereocenters. The molecule has 4 heteroatoms. The fraction of sp³-hybridized carbons (Fsp3) is 0.500. The van der Waals surface area contributed by atoms with Crippen LogP contribution in [0, 0.1) is 11.3 Å². The lowest BCUT2D eigenvalue weighted by Crippen LogP contribution is -2.26. The van der Waals surface area contributed by atoms with Crippen molar-refractivity contribution in [3.63, 3.8) is 0 Å². The summed E-state index contributed by atoms with van der Waals surface area (Å²) in [4.78, 5) is 4.02. The molecule has 0 unspecified atom stereocenters. The van der Waals surface area contributed by atoms with Gasteiger partial charge in [0.2, 0.25) is 0 Å². The summed E-state index contributed by atoms with van der Waals surface area (Å²) < 4.78 is 1.93. The lowest BCUT2D eigenvalue weighted by atomic mass is 9.77. The van der Waals surface area contributed by atoms with Gasteiger partial charge in [-0.2, -0.15) is 5.10 Å². The molecular formula is C16H22ClN3. The Bertz CT molecular complexity index is 512. The van der Waals surface area contributed by atoms with E-state index in [1.165, 1.54) is 5.56 Å². The molecule has 0 amide bonds. The third kappa shape index (κ3) is 4.34. The predicted octanol–water partition coefficient (Wildman–Crippen LogP) is 4.23. The Hall–Kier alpha value is -1.35. The Morgan fingerprint density at radius 2 is 1.90 bits per heavy atom. The van der Waals surface area contributed by atoms with Gasteiger partial charge in [0.15, 0.2) is 0 Å². The third-order valence-corrected chi connectivity index (χ3v) is 4.05. The van der Waals surface area contributed by atoms with E-state index in [1.54, 1.807) is 12.7 Å². The van der Waals surface area contributed by atoms with Gasteiger partial charge < -0.3 is 0 Å². The maximum Gasteiger partial charge on any atom is 0.137 e. The fourth-order valence-electron chi connectivity index (χ4n) is 2.34. The molecular weight excluding hydrogens is 270 g/mol. The minimum Gasteiger partial charge on any atom is -0.253 e. The van der Waals surface area contributed by atoms with Crippen LogP contribution in [-0.2, 0) is 13.0 Å². The van der Waals surface area contributed by atoms with Gasteiger partial charge in [-0.25, -0.2) is 4.98 Å². The summed E-state index contributed by atoms with van der Waals surface area (Å²) in [6.45, 7) is 7.78. The number of nitrogens with zero attached hydrogens (tertiary/aromatic N) is 3. The van der Waals surface area contributed by atoms with Crippen LogP contribution in [0.5, 0.6) is 0 Å². The quantitative estimate of drug-likeness (QED) is 0.825. The summed E-state index contributed by atoms with van der Waals surface area (Å²) in [7, 11) is 0. The van der Waals surface area contributed by atoms with Crippen molar-refractivity contribution in [1.29, 1.82) is 0 Å². The molecule has 0 N–H and O–H groups in total. The highest BCUT2D eigenvalue weighted by Gasteiger charge is 2.25. The number of halogens is 1. The van der Waals surface area contributed by atoms with Crippen LogP contribution in [0.15, 0.2) is 36.9 Å². The first kappa shape index (κ1) is 15.0. The molecule has 0 bridgehead atoms. The van der Waals surface area contributed by atoms with Crippen LogP contribution in [0.2, 0.25) is 5.02 Å². The highest BCUT2D eigenvalue weighted by Crippen LogP contribution is 2.31. The molecule has 1 heterocycles. The van der Waals surface area contributed by atoms with E-state index in [2.05, 4.69) is 43.0 Å². The van der Waals surface area contributed by atoms with E-state index in [-0.39, 0.29) is 5.41 Å². The molecule has 0 radical (unpaired) electrons. The molecule has 3 nitrogen and oxygen atoms in total. The molecule has 1 aromatic carbocycles. The summed E-state index contributed by atoms with van der Waals surface area (Å²) in [6.07, 6.45) is 5.58. The van der Waals surface area contributed by atoms with Crippen LogP contribution in [0.4, 0.5) is 0 Å². The van der Waals surface area contributed by atoms with Gasteiger partial charge in [-0.15, -0.1) is 0 Å². The molecule has 0 aliphatic rings. The van der Waals surface area contributed by atoms with Gasteiger partial charge >= 0.3 is 0 Å². The molecule has 2 rings (SSSR count). The standard InChI is InChI=1S/C16H22ClN3/c1-16(2,3)14(10-20-12-18-11-19-20)7-4-13-5-8-15(17)9-6-13/h5-6,8-9,11-12,14H,4,7,10H2,1-3H3/t14-/m1/s1. The van der Waals surface area contributed by atoms with E-state index in [0.29, 0.717) is 5.92 Å². The Morgan fingerprint density at radius 3 is 2.45 bits per heavy atom. The van der Waals surface area contributed by atoms with Gasteiger partial charge in [-0.05, 0) is 41.9 Å². The van der Waals surface area contributed by atoms with Crippen LogP contribution in [0.25, 0.3) is 0 Å². The van der Waals surface area contributed by atoms with Gasteiger partial charge in [0, 0.05) is 11.6 Å². The van der Waals surface area contributed by atoms with Gasteiger partial charge in [0.25, 0.3) is 0 Å². The normalized spacial score (nSPS) is 13.4. The van der Waals surface area contributed by atoms with Crippen molar-refractivity contribution in [2.45, 2.75) is 40.2 Å². The summed E-state index contributed by atoms with van der Waals surface area (Å²) in [6, 6.07) is 8.13. The smallest absolute Gasteiger partial charge is 0.137 e. The van der Waals surface area contributed by atoms with Crippen molar-refractivity contribution in [3.8, 4) is 0 Å². The second-order valence-electron chi connectivity index (χ2n) is 6.35. The van der Waals surface area contributed by atoms with Gasteiger partial charge in [0.05, 0.1) is 0 Å². The maximum atomic E-state index is 5.92. The molecule has 0 fully saturated rings. The SMILES string of the molecule is CC(C)(C)[C@H](CCc1ccc(Cl)cc1)Cn1cncn1. The molecule has 0 spiro atoms. The molecule has 2 aromatic rings. The minimum absolute atomic E-state index is 0.248. The first-order valence-electron chi connectivity index (χ1n) is 7.02. The summed E-state index contributed by atoms with van der Waals surface area (Å²) >= 11 is 5.92. The Labute approximate surface area is 126 Å². The first-order chi connectivity index (χ1) is 9.45. The summed E-state index contributed by atoms with van der Waals surface area (Å²) in [5.74, 6) is 0.555. The molecule has 0 saturated carbocycles. The molecule has 20 heavy (non-hydrogen) atoms. The summed E-state index contributed by atoms with van der Waals surface area (Å²) in [5.41, 5.74) is 1.58. The number of rotatable bonds is 5. The molecule has 0 aliphatic carbocycles. The third-order valence-electron chi connectivity index (χ3n) is 3.79. The Balaban J connectivity index is 1.99. The van der Waals surface area contributed by atoms with Crippen molar-refractivity contribution in [2.75, 3.05) is 0 Å². The minimum atomic E-state index is 0.248.